The average Bonchev–Trinajstić information content (AvgIpc) is 2.26. The third-order valence-electron chi connectivity index (χ3n) is 2.73. The van der Waals surface area contributed by atoms with Gasteiger partial charge in [0.15, 0.2) is 0 Å². The molecular weight excluding hydrogens is 370 g/mol. The van der Waals surface area contributed by atoms with Crippen LogP contribution in [-0.2, 0) is 6.18 Å². The van der Waals surface area contributed by atoms with Crippen LogP contribution >= 0.6 is 0 Å². The van der Waals surface area contributed by atoms with E-state index in [-0.39, 0.29) is 5.69 Å². The van der Waals surface area contributed by atoms with Crippen molar-refractivity contribution in [3.63, 3.8) is 0 Å². The maximum absolute atomic E-state index is 12.5. The lowest BCUT2D eigenvalue weighted by Gasteiger charge is -2.26. The average molecular weight is 387 g/mol. The van der Waals surface area contributed by atoms with Crippen molar-refractivity contribution in [1.82, 2.24) is 3.11 Å². The second-order valence-electron chi connectivity index (χ2n) is 4.37. The van der Waals surface area contributed by atoms with Gasteiger partial charge in [-0.2, -0.15) is 13.2 Å². The summed E-state index contributed by atoms with van der Waals surface area (Å²) in [5.41, 5.74) is 5.76. The van der Waals surface area contributed by atoms with Crippen LogP contribution in [0.3, 0.4) is 0 Å². The molecular formula is C12H17F3IN3-. The van der Waals surface area contributed by atoms with Gasteiger partial charge < -0.3 is 36.6 Å². The van der Waals surface area contributed by atoms with Gasteiger partial charge in [-0.05, 0) is 38.2 Å². The Morgan fingerprint density at radius 1 is 1.21 bits per heavy atom. The van der Waals surface area contributed by atoms with E-state index in [4.69, 9.17) is 5.73 Å². The van der Waals surface area contributed by atoms with E-state index in [9.17, 15) is 13.2 Å². The highest BCUT2D eigenvalue weighted by Gasteiger charge is 2.30. The Hall–Kier alpha value is -0.700. The number of anilines is 2. The molecule has 1 rings (SSSR count). The van der Waals surface area contributed by atoms with E-state index in [0.717, 1.165) is 31.6 Å². The van der Waals surface area contributed by atoms with E-state index in [1.807, 2.05) is 22.1 Å². The summed E-state index contributed by atoms with van der Waals surface area (Å²) in [6.07, 6.45) is -3.44. The molecule has 109 valence electrons. The predicted molar refractivity (Wildman–Crippen MR) is 66.4 cm³/mol. The largest absolute Gasteiger partial charge is 0.700 e. The summed E-state index contributed by atoms with van der Waals surface area (Å²) in [4.78, 5) is 1.87. The lowest BCUT2D eigenvalue weighted by atomic mass is 10.1. The van der Waals surface area contributed by atoms with E-state index in [1.54, 1.807) is 0 Å². The van der Waals surface area contributed by atoms with Crippen LogP contribution in [0, 0.1) is 0 Å². The highest BCUT2D eigenvalue weighted by Crippen LogP contribution is 2.33. The lowest BCUT2D eigenvalue weighted by molar-refractivity contribution is -0.566. The summed E-state index contributed by atoms with van der Waals surface area (Å²) in [6, 6.07) is 3.47. The second kappa shape index (κ2) is 6.65. The second-order valence-corrected chi connectivity index (χ2v) is 6.02. The van der Waals surface area contributed by atoms with Gasteiger partial charge in [0.1, 0.15) is 0 Å². The summed E-state index contributed by atoms with van der Waals surface area (Å²) in [5.74, 6) is 0. The Kier molecular flexibility index (Phi) is 5.72. The molecule has 7 heteroatoms. The molecule has 0 aromatic heterocycles. The number of rotatable bonds is 5. The highest BCUT2D eigenvalue weighted by molar-refractivity contribution is 5.68. The van der Waals surface area contributed by atoms with Crippen molar-refractivity contribution >= 4 is 11.4 Å². The number of halogens is 4. The number of nitrogens with zero attached hydrogens (tertiary/aromatic N) is 2. The number of benzene rings is 1. The Morgan fingerprint density at radius 2 is 1.84 bits per heavy atom. The fourth-order valence-electron chi connectivity index (χ4n) is 1.72. The molecule has 0 aliphatic heterocycles. The number of hydrogen-bond donors (Lipinski definition) is 1. The van der Waals surface area contributed by atoms with Crippen molar-refractivity contribution in [2.45, 2.75) is 12.6 Å². The van der Waals surface area contributed by atoms with Crippen molar-refractivity contribution in [3.05, 3.63) is 23.8 Å². The SMILES string of the molecule is CN([I-])CCCN(C)c1ccc(C(F)(F)F)cc1N. The number of alkyl halides is 3. The quantitative estimate of drug-likeness (QED) is 0.421. The van der Waals surface area contributed by atoms with Crippen LogP contribution in [-0.4, -0.2) is 30.3 Å². The zero-order valence-corrected chi connectivity index (χ0v) is 13.0. The van der Waals surface area contributed by atoms with Gasteiger partial charge in [-0.3, -0.25) is 0 Å². The fourth-order valence-corrected chi connectivity index (χ4v) is 2.07. The first-order chi connectivity index (χ1) is 8.71. The zero-order valence-electron chi connectivity index (χ0n) is 10.8. The Balaban J connectivity index is 2.73. The molecule has 0 bridgehead atoms. The summed E-state index contributed by atoms with van der Waals surface area (Å²) < 4.78 is 39.6. The van der Waals surface area contributed by atoms with Crippen LogP contribution in [0.4, 0.5) is 24.5 Å². The van der Waals surface area contributed by atoms with Gasteiger partial charge in [0.05, 0.1) is 16.9 Å². The summed E-state index contributed by atoms with van der Waals surface area (Å²) >= 11 is 2.19. The van der Waals surface area contributed by atoms with Crippen molar-refractivity contribution in [1.29, 1.82) is 0 Å². The van der Waals surface area contributed by atoms with Crippen LogP contribution in [0.25, 0.3) is 0 Å². The molecule has 0 heterocycles. The van der Waals surface area contributed by atoms with E-state index in [1.165, 1.54) is 6.07 Å². The zero-order chi connectivity index (χ0) is 14.6. The molecule has 0 unspecified atom stereocenters. The maximum Gasteiger partial charge on any atom is 0.416 e. The molecule has 1 aromatic rings. The Morgan fingerprint density at radius 3 is 2.32 bits per heavy atom. The lowest BCUT2D eigenvalue weighted by Crippen LogP contribution is -3.41. The first-order valence-electron chi connectivity index (χ1n) is 5.76. The summed E-state index contributed by atoms with van der Waals surface area (Å²) in [7, 11) is 3.79. The molecule has 0 saturated heterocycles. The third-order valence-corrected chi connectivity index (χ3v) is 3.21. The van der Waals surface area contributed by atoms with Gasteiger partial charge in [0.25, 0.3) is 0 Å². The maximum atomic E-state index is 12.5. The third kappa shape index (κ3) is 5.06. The molecule has 0 amide bonds. The molecule has 1 aromatic carbocycles. The first-order valence-corrected chi connectivity index (χ1v) is 6.73. The minimum absolute atomic E-state index is 0.153. The Bertz CT molecular complexity index is 421. The van der Waals surface area contributed by atoms with Crippen molar-refractivity contribution < 1.29 is 36.0 Å². The number of nitrogens with two attached hydrogens (primary N) is 1. The van der Waals surface area contributed by atoms with Gasteiger partial charge in [0, 0.05) is 13.6 Å². The van der Waals surface area contributed by atoms with Gasteiger partial charge in [0.2, 0.25) is 0 Å². The van der Waals surface area contributed by atoms with Gasteiger partial charge in [-0.1, -0.05) is 0 Å². The standard InChI is InChI=1S/C12H17F3IN3/c1-18(6-3-7-19(2)16)11-5-4-9(8-10(11)17)12(13,14)15/h4-5,8H,3,6-7,17H2,1-2H3/q-1. The molecule has 0 fully saturated rings. The van der Waals surface area contributed by atoms with Crippen molar-refractivity contribution in [3.8, 4) is 0 Å². The molecule has 0 atom stereocenters. The summed E-state index contributed by atoms with van der Waals surface area (Å²) in [6.45, 7) is 1.65. The minimum atomic E-state index is -4.35. The van der Waals surface area contributed by atoms with Crippen LogP contribution in [0.1, 0.15) is 12.0 Å². The first kappa shape index (κ1) is 16.4. The molecule has 0 spiro atoms. The molecule has 0 saturated carbocycles. The molecule has 0 aliphatic carbocycles. The van der Waals surface area contributed by atoms with E-state index < -0.39 is 11.7 Å². The molecule has 1 radical (unpaired) electrons. The monoisotopic (exact) mass is 387 g/mol. The number of nitrogen functional groups attached to an aromatic ring is 1. The molecule has 2 N–H and O–H groups in total. The highest BCUT2D eigenvalue weighted by atomic mass is 127. The van der Waals surface area contributed by atoms with Crippen LogP contribution in [0.15, 0.2) is 18.2 Å². The topological polar surface area (TPSA) is 32.5 Å². The van der Waals surface area contributed by atoms with Gasteiger partial charge >= 0.3 is 6.18 Å². The minimum Gasteiger partial charge on any atom is -0.700 e. The summed E-state index contributed by atoms with van der Waals surface area (Å²) in [5, 5.41) is 0. The van der Waals surface area contributed by atoms with Crippen molar-refractivity contribution in [2.75, 3.05) is 37.8 Å². The fraction of sp³-hybridized carbons (Fsp3) is 0.500. The number of hydrogen-bond acceptors (Lipinski definition) is 3. The van der Waals surface area contributed by atoms with Crippen LogP contribution < -0.4 is 33.5 Å². The van der Waals surface area contributed by atoms with E-state index >= 15 is 0 Å². The molecule has 3 nitrogen and oxygen atoms in total. The normalized spacial score (nSPS) is 11.9. The molecule has 19 heavy (non-hydrogen) atoms. The van der Waals surface area contributed by atoms with Crippen LogP contribution in [0.2, 0.25) is 0 Å². The van der Waals surface area contributed by atoms with E-state index in [0.29, 0.717) is 5.69 Å². The van der Waals surface area contributed by atoms with Gasteiger partial charge in [-0.15, -0.1) is 0 Å². The van der Waals surface area contributed by atoms with Crippen molar-refractivity contribution in [2.24, 2.45) is 0 Å². The van der Waals surface area contributed by atoms with Crippen LogP contribution in [0.5, 0.6) is 0 Å². The smallest absolute Gasteiger partial charge is 0.416 e. The van der Waals surface area contributed by atoms with Gasteiger partial charge in [-0.25, -0.2) is 0 Å². The molecule has 0 aliphatic rings. The predicted octanol–water partition coefficient (Wildman–Crippen LogP) is -0.486. The Labute approximate surface area is 125 Å². The van der Waals surface area contributed by atoms with E-state index in [2.05, 4.69) is 22.9 Å².